The van der Waals surface area contributed by atoms with E-state index < -0.39 is 0 Å². The second kappa shape index (κ2) is 7.24. The van der Waals surface area contributed by atoms with Crippen LogP contribution in [-0.2, 0) is 12.8 Å². The van der Waals surface area contributed by atoms with Crippen LogP contribution in [0.3, 0.4) is 0 Å². The highest BCUT2D eigenvalue weighted by molar-refractivity contribution is 7.19. The zero-order chi connectivity index (χ0) is 19.1. The molecule has 2 aliphatic rings. The summed E-state index contributed by atoms with van der Waals surface area (Å²) in [7, 11) is 1.71. The molecule has 5 nitrogen and oxygen atoms in total. The second-order valence-corrected chi connectivity index (χ2v) is 8.98. The lowest BCUT2D eigenvalue weighted by Gasteiger charge is -2.37. The van der Waals surface area contributed by atoms with Gasteiger partial charge in [-0.2, -0.15) is 0 Å². The summed E-state index contributed by atoms with van der Waals surface area (Å²) < 4.78 is 5.28. The summed E-state index contributed by atoms with van der Waals surface area (Å²) in [5.74, 6) is 2.80. The third-order valence-corrected chi connectivity index (χ3v) is 7.28. The zero-order valence-corrected chi connectivity index (χ0v) is 17.3. The van der Waals surface area contributed by atoms with Gasteiger partial charge in [0.25, 0.3) is 0 Å². The lowest BCUT2D eigenvalue weighted by molar-refractivity contribution is 0.415. The van der Waals surface area contributed by atoms with Gasteiger partial charge in [0.2, 0.25) is 0 Å². The van der Waals surface area contributed by atoms with Gasteiger partial charge in [-0.25, -0.2) is 9.97 Å². The number of nitrogens with zero attached hydrogens (tertiary/aromatic N) is 4. The number of thiophene rings is 1. The van der Waals surface area contributed by atoms with Crippen molar-refractivity contribution in [2.75, 3.05) is 43.1 Å². The molecule has 6 heteroatoms. The fraction of sp³-hybridized carbons (Fsp3) is 0.455. The van der Waals surface area contributed by atoms with Gasteiger partial charge < -0.3 is 14.5 Å². The number of rotatable bonds is 3. The van der Waals surface area contributed by atoms with Gasteiger partial charge in [-0.05, 0) is 55.0 Å². The van der Waals surface area contributed by atoms with Crippen LogP contribution in [0, 0.1) is 5.92 Å². The van der Waals surface area contributed by atoms with Crippen LogP contribution in [-0.4, -0.2) is 43.3 Å². The first-order chi connectivity index (χ1) is 13.7. The predicted octanol–water partition coefficient (Wildman–Crippen LogP) is 4.15. The Morgan fingerprint density at radius 3 is 2.54 bits per heavy atom. The summed E-state index contributed by atoms with van der Waals surface area (Å²) in [5, 5.41) is 1.33. The van der Waals surface area contributed by atoms with E-state index in [0.29, 0.717) is 0 Å². The van der Waals surface area contributed by atoms with Gasteiger partial charge in [0, 0.05) is 36.7 Å². The molecule has 28 heavy (non-hydrogen) atoms. The van der Waals surface area contributed by atoms with Gasteiger partial charge in [-0.1, -0.05) is 6.92 Å². The molecular formula is C22H26N4OS. The molecule has 1 atom stereocenters. The molecule has 1 aliphatic carbocycles. The molecular weight excluding hydrogens is 368 g/mol. The fourth-order valence-electron chi connectivity index (χ4n) is 4.47. The van der Waals surface area contributed by atoms with Crippen molar-refractivity contribution in [3.63, 3.8) is 0 Å². The molecule has 3 heterocycles. The molecule has 2 aromatic heterocycles. The van der Waals surface area contributed by atoms with Crippen molar-refractivity contribution in [3.8, 4) is 5.75 Å². The van der Waals surface area contributed by atoms with Crippen molar-refractivity contribution in [2.24, 2.45) is 5.92 Å². The summed E-state index contributed by atoms with van der Waals surface area (Å²) in [4.78, 5) is 16.9. The van der Waals surface area contributed by atoms with Crippen LogP contribution in [0.25, 0.3) is 10.2 Å². The summed E-state index contributed by atoms with van der Waals surface area (Å²) in [6.45, 7) is 6.33. The van der Waals surface area contributed by atoms with E-state index in [0.717, 1.165) is 43.7 Å². The standard InChI is InChI=1S/C22H26N4OS/c1-15-3-8-19-18(13-15)20-21(23-14-24-22(20)28-19)26-11-9-25(10-12-26)16-4-6-17(27-2)7-5-16/h4-7,14-15H,3,8-13H2,1-2H3. The Morgan fingerprint density at radius 2 is 1.79 bits per heavy atom. The highest BCUT2D eigenvalue weighted by atomic mass is 32.1. The average molecular weight is 395 g/mol. The van der Waals surface area contributed by atoms with E-state index >= 15 is 0 Å². The molecule has 1 saturated heterocycles. The number of aryl methyl sites for hydroxylation is 1. The number of piperazine rings is 1. The molecule has 0 spiro atoms. The fourth-order valence-corrected chi connectivity index (χ4v) is 5.65. The summed E-state index contributed by atoms with van der Waals surface area (Å²) in [6, 6.07) is 8.37. The topological polar surface area (TPSA) is 41.5 Å². The van der Waals surface area contributed by atoms with Gasteiger partial charge in [0.15, 0.2) is 0 Å². The zero-order valence-electron chi connectivity index (χ0n) is 16.5. The number of anilines is 2. The molecule has 0 saturated carbocycles. The Labute approximate surface area is 170 Å². The Kier molecular flexibility index (Phi) is 4.59. The van der Waals surface area contributed by atoms with Crippen molar-refractivity contribution in [2.45, 2.75) is 26.2 Å². The first-order valence-electron chi connectivity index (χ1n) is 10.1. The van der Waals surface area contributed by atoms with Crippen LogP contribution in [0.15, 0.2) is 30.6 Å². The summed E-state index contributed by atoms with van der Waals surface area (Å²) in [6.07, 6.45) is 5.41. The van der Waals surface area contributed by atoms with E-state index in [2.05, 4.69) is 33.8 Å². The number of ether oxygens (including phenoxy) is 1. The van der Waals surface area contributed by atoms with Gasteiger partial charge in [-0.15, -0.1) is 11.3 Å². The van der Waals surface area contributed by atoms with Crippen LogP contribution in [0.4, 0.5) is 11.5 Å². The van der Waals surface area contributed by atoms with E-state index in [1.54, 1.807) is 13.4 Å². The van der Waals surface area contributed by atoms with Gasteiger partial charge in [0.05, 0.1) is 12.5 Å². The first-order valence-corrected chi connectivity index (χ1v) is 10.9. The van der Waals surface area contributed by atoms with Crippen molar-refractivity contribution < 1.29 is 4.74 Å². The van der Waals surface area contributed by atoms with E-state index in [9.17, 15) is 0 Å². The minimum atomic E-state index is 0.755. The quantitative estimate of drug-likeness (QED) is 0.667. The Morgan fingerprint density at radius 1 is 1.04 bits per heavy atom. The Bertz CT molecular complexity index is 976. The lowest BCUT2D eigenvalue weighted by Crippen LogP contribution is -2.47. The lowest BCUT2D eigenvalue weighted by atomic mass is 9.88. The Hall–Kier alpha value is -2.34. The van der Waals surface area contributed by atoms with Gasteiger partial charge >= 0.3 is 0 Å². The third-order valence-electron chi connectivity index (χ3n) is 6.08. The molecule has 3 aromatic rings. The molecule has 1 fully saturated rings. The summed E-state index contributed by atoms with van der Waals surface area (Å²) in [5.41, 5.74) is 2.78. The molecule has 146 valence electrons. The second-order valence-electron chi connectivity index (χ2n) is 7.90. The first kappa shape index (κ1) is 17.7. The maximum atomic E-state index is 5.28. The maximum Gasteiger partial charge on any atom is 0.141 e. The largest absolute Gasteiger partial charge is 0.497 e. The molecule has 0 N–H and O–H groups in total. The van der Waals surface area contributed by atoms with Crippen LogP contribution < -0.4 is 14.5 Å². The van der Waals surface area contributed by atoms with Crippen molar-refractivity contribution >= 4 is 33.1 Å². The third kappa shape index (κ3) is 3.09. The molecule has 1 aliphatic heterocycles. The minimum absolute atomic E-state index is 0.755. The number of hydrogen-bond donors (Lipinski definition) is 0. The van der Waals surface area contributed by atoms with Crippen LogP contribution in [0.5, 0.6) is 5.75 Å². The molecule has 0 radical (unpaired) electrons. The van der Waals surface area contributed by atoms with Gasteiger partial charge in [0.1, 0.15) is 22.7 Å². The molecule has 0 bridgehead atoms. The number of benzene rings is 1. The highest BCUT2D eigenvalue weighted by Crippen LogP contribution is 2.40. The van der Waals surface area contributed by atoms with Crippen molar-refractivity contribution in [1.29, 1.82) is 0 Å². The normalized spacial score (nSPS) is 19.7. The minimum Gasteiger partial charge on any atom is -0.497 e. The average Bonchev–Trinajstić information content (AvgIpc) is 3.12. The molecule has 0 amide bonds. The van der Waals surface area contributed by atoms with E-state index in [4.69, 9.17) is 9.72 Å². The highest BCUT2D eigenvalue weighted by Gasteiger charge is 2.26. The Balaban J connectivity index is 1.39. The van der Waals surface area contributed by atoms with Crippen molar-refractivity contribution in [1.82, 2.24) is 9.97 Å². The van der Waals surface area contributed by atoms with Crippen LogP contribution in [0.2, 0.25) is 0 Å². The van der Waals surface area contributed by atoms with Crippen LogP contribution in [0.1, 0.15) is 23.8 Å². The smallest absolute Gasteiger partial charge is 0.141 e. The van der Waals surface area contributed by atoms with Crippen LogP contribution >= 0.6 is 11.3 Å². The van der Waals surface area contributed by atoms with E-state index in [-0.39, 0.29) is 0 Å². The van der Waals surface area contributed by atoms with Crippen molar-refractivity contribution in [3.05, 3.63) is 41.0 Å². The number of hydrogen-bond acceptors (Lipinski definition) is 6. The summed E-state index contributed by atoms with van der Waals surface area (Å²) >= 11 is 1.88. The van der Waals surface area contributed by atoms with Gasteiger partial charge in [-0.3, -0.25) is 0 Å². The van der Waals surface area contributed by atoms with E-state index in [1.807, 2.05) is 23.5 Å². The number of fused-ring (bicyclic) bond motifs is 3. The maximum absolute atomic E-state index is 5.28. The SMILES string of the molecule is COc1ccc(N2CCN(c3ncnc4sc5c(c34)CC(C)CC5)CC2)cc1. The molecule has 1 unspecified atom stereocenters. The molecule has 5 rings (SSSR count). The van der Waals surface area contributed by atoms with E-state index in [1.165, 1.54) is 45.6 Å². The predicted molar refractivity (Wildman–Crippen MR) is 116 cm³/mol. The number of aromatic nitrogens is 2. The molecule has 1 aromatic carbocycles. The number of methoxy groups -OCH3 is 1. The monoisotopic (exact) mass is 394 g/mol.